The van der Waals surface area contributed by atoms with E-state index in [2.05, 4.69) is 5.32 Å². The van der Waals surface area contributed by atoms with Crippen molar-refractivity contribution in [3.05, 3.63) is 64.7 Å². The van der Waals surface area contributed by atoms with Crippen LogP contribution >= 0.6 is 12.2 Å². The highest BCUT2D eigenvalue weighted by Gasteiger charge is 2.60. The minimum absolute atomic E-state index is 0.0144. The maximum absolute atomic E-state index is 13.4. The fourth-order valence-corrected chi connectivity index (χ4v) is 4.80. The molecular formula is C23H18F3N3O3S. The Morgan fingerprint density at radius 3 is 2.52 bits per heavy atom. The number of carbonyl (C=O) groups excluding carboxylic acids is 1. The van der Waals surface area contributed by atoms with E-state index in [1.54, 1.807) is 0 Å². The molecule has 1 saturated carbocycles. The standard InChI is InChI=1S/C23H18F3N3O3S/c24-23(25,26)18-11-16(7-6-15(18)12-27)29-20(32)22(28-21(29)33)10-9-17(22)14-4-1-13(2-5-14)3-8-19(30)31/h1-2,4-7,11,17H,3,8-10H2,(H,28,33)(H,30,31). The monoisotopic (exact) mass is 473 g/mol. The van der Waals surface area contributed by atoms with Crippen LogP contribution in [0.1, 0.15) is 47.4 Å². The van der Waals surface area contributed by atoms with Gasteiger partial charge in [-0.1, -0.05) is 24.3 Å². The Bertz CT molecular complexity index is 1190. The molecule has 33 heavy (non-hydrogen) atoms. The molecule has 6 nitrogen and oxygen atoms in total. The van der Waals surface area contributed by atoms with Gasteiger partial charge in [0.15, 0.2) is 5.11 Å². The van der Waals surface area contributed by atoms with E-state index >= 15 is 0 Å². The first kappa shape index (κ1) is 22.7. The summed E-state index contributed by atoms with van der Waals surface area (Å²) < 4.78 is 40.2. The highest BCUT2D eigenvalue weighted by atomic mass is 32.1. The van der Waals surface area contributed by atoms with Crippen LogP contribution in [0.25, 0.3) is 0 Å². The smallest absolute Gasteiger partial charge is 0.417 e. The molecular weight excluding hydrogens is 455 g/mol. The van der Waals surface area contributed by atoms with Gasteiger partial charge in [-0.05, 0) is 60.8 Å². The molecule has 0 aromatic heterocycles. The Kier molecular flexibility index (Phi) is 5.62. The Morgan fingerprint density at radius 2 is 1.97 bits per heavy atom. The predicted molar refractivity (Wildman–Crippen MR) is 116 cm³/mol. The van der Waals surface area contributed by atoms with Crippen molar-refractivity contribution in [1.82, 2.24) is 5.32 Å². The van der Waals surface area contributed by atoms with Gasteiger partial charge in [-0.15, -0.1) is 0 Å². The zero-order valence-electron chi connectivity index (χ0n) is 17.1. The molecule has 1 saturated heterocycles. The van der Waals surface area contributed by atoms with Crippen LogP contribution in [0.3, 0.4) is 0 Å². The largest absolute Gasteiger partial charge is 0.481 e. The molecule has 2 aromatic rings. The number of hydrogen-bond donors (Lipinski definition) is 2. The summed E-state index contributed by atoms with van der Waals surface area (Å²) in [5, 5.41) is 20.9. The van der Waals surface area contributed by atoms with Gasteiger partial charge in [0.1, 0.15) is 5.54 Å². The van der Waals surface area contributed by atoms with Gasteiger partial charge < -0.3 is 10.4 Å². The molecule has 2 aliphatic rings. The fraction of sp³-hybridized carbons (Fsp3) is 0.304. The van der Waals surface area contributed by atoms with Crippen LogP contribution in [0, 0.1) is 11.3 Å². The second kappa shape index (κ2) is 8.15. The van der Waals surface area contributed by atoms with Gasteiger partial charge in [0, 0.05) is 12.3 Å². The molecule has 4 rings (SSSR count). The van der Waals surface area contributed by atoms with E-state index in [0.29, 0.717) is 19.3 Å². The van der Waals surface area contributed by atoms with E-state index < -0.39 is 34.7 Å². The number of aliphatic carboxylic acids is 1. The number of hydrogen-bond acceptors (Lipinski definition) is 4. The molecule has 10 heteroatoms. The van der Waals surface area contributed by atoms with Gasteiger partial charge in [0.05, 0.1) is 22.9 Å². The Hall–Kier alpha value is -3.45. The lowest BCUT2D eigenvalue weighted by Gasteiger charge is -2.45. The molecule has 2 fully saturated rings. The average Bonchev–Trinajstić information content (AvgIpc) is 3.03. The molecule has 1 aliphatic carbocycles. The molecule has 2 aromatic carbocycles. The van der Waals surface area contributed by atoms with E-state index in [0.717, 1.165) is 28.2 Å². The summed E-state index contributed by atoms with van der Waals surface area (Å²) in [7, 11) is 0. The van der Waals surface area contributed by atoms with Gasteiger partial charge in [0.2, 0.25) is 0 Å². The number of nitrogens with one attached hydrogen (secondary N) is 1. The van der Waals surface area contributed by atoms with Crippen LogP contribution < -0.4 is 10.2 Å². The van der Waals surface area contributed by atoms with E-state index in [4.69, 9.17) is 22.6 Å². The first-order valence-corrected chi connectivity index (χ1v) is 10.6. The fourth-order valence-electron chi connectivity index (χ4n) is 4.43. The number of nitriles is 1. The highest BCUT2D eigenvalue weighted by molar-refractivity contribution is 7.80. The first-order chi connectivity index (χ1) is 15.6. The van der Waals surface area contributed by atoms with Crippen molar-refractivity contribution in [2.75, 3.05) is 4.90 Å². The number of aryl methyl sites for hydroxylation is 1. The van der Waals surface area contributed by atoms with Gasteiger partial charge in [-0.25, -0.2) is 0 Å². The van der Waals surface area contributed by atoms with Gasteiger partial charge in [-0.2, -0.15) is 18.4 Å². The molecule has 170 valence electrons. The number of halogens is 3. The summed E-state index contributed by atoms with van der Waals surface area (Å²) in [5.41, 5.74) is -1.03. The second-order valence-electron chi connectivity index (χ2n) is 8.11. The lowest BCUT2D eigenvalue weighted by atomic mass is 9.63. The number of nitrogens with zero attached hydrogens (tertiary/aromatic N) is 2. The van der Waals surface area contributed by atoms with E-state index in [1.165, 1.54) is 12.1 Å². The molecule has 0 bridgehead atoms. The van der Waals surface area contributed by atoms with Gasteiger partial charge in [-0.3, -0.25) is 14.5 Å². The molecule has 1 heterocycles. The minimum atomic E-state index is -4.75. The Balaban J connectivity index is 1.61. The number of carbonyl (C=O) groups is 2. The molecule has 2 atom stereocenters. The summed E-state index contributed by atoms with van der Waals surface area (Å²) in [6.07, 6.45) is -3.19. The minimum Gasteiger partial charge on any atom is -0.481 e. The summed E-state index contributed by atoms with van der Waals surface area (Å²) in [6, 6.07) is 11.9. The lowest BCUT2D eigenvalue weighted by Crippen LogP contribution is -2.58. The van der Waals surface area contributed by atoms with Crippen LogP contribution in [0.15, 0.2) is 42.5 Å². The first-order valence-electron chi connectivity index (χ1n) is 10.2. The number of anilines is 1. The number of rotatable bonds is 5. The predicted octanol–water partition coefficient (Wildman–Crippen LogP) is 4.13. The maximum atomic E-state index is 13.4. The van der Waals surface area contributed by atoms with E-state index in [9.17, 15) is 22.8 Å². The normalized spacial score (nSPS) is 22.1. The zero-order valence-corrected chi connectivity index (χ0v) is 18.0. The van der Waals surface area contributed by atoms with E-state index in [1.807, 2.05) is 24.3 Å². The SMILES string of the molecule is N#Cc1ccc(N2C(=O)C3(CCC3c3ccc(CCC(=O)O)cc3)NC2=S)cc1C(F)(F)F. The summed E-state index contributed by atoms with van der Waals surface area (Å²) in [6.45, 7) is 0. The lowest BCUT2D eigenvalue weighted by molar-refractivity contribution is -0.138. The molecule has 2 unspecified atom stereocenters. The third-order valence-corrected chi connectivity index (χ3v) is 6.52. The molecule has 1 amide bonds. The van der Waals surface area contributed by atoms with Gasteiger partial charge >= 0.3 is 12.1 Å². The number of amides is 1. The number of alkyl halides is 3. The van der Waals surface area contributed by atoms with Crippen molar-refractivity contribution in [1.29, 1.82) is 5.26 Å². The number of carboxylic acid groups (broad SMARTS) is 1. The number of thiocarbonyl (C=S) groups is 1. The topological polar surface area (TPSA) is 93.4 Å². The van der Waals surface area contributed by atoms with Crippen LogP contribution in [0.5, 0.6) is 0 Å². The van der Waals surface area contributed by atoms with Crippen LogP contribution in [0.2, 0.25) is 0 Å². The average molecular weight is 473 g/mol. The molecule has 1 spiro atoms. The van der Waals surface area contributed by atoms with Crippen LogP contribution in [0.4, 0.5) is 18.9 Å². The molecule has 2 N–H and O–H groups in total. The van der Waals surface area contributed by atoms with E-state index in [-0.39, 0.29) is 23.1 Å². The second-order valence-corrected chi connectivity index (χ2v) is 8.49. The number of benzene rings is 2. The number of carboxylic acids is 1. The van der Waals surface area contributed by atoms with Crippen molar-refractivity contribution in [2.45, 2.75) is 43.3 Å². The third kappa shape index (κ3) is 3.93. The molecule has 1 aliphatic heterocycles. The Labute approximate surface area is 192 Å². The maximum Gasteiger partial charge on any atom is 0.417 e. The van der Waals surface area contributed by atoms with Crippen molar-refractivity contribution < 1.29 is 27.9 Å². The summed E-state index contributed by atoms with van der Waals surface area (Å²) in [5.74, 6) is -1.55. The quantitative estimate of drug-likeness (QED) is 0.635. The third-order valence-electron chi connectivity index (χ3n) is 6.24. The van der Waals surface area contributed by atoms with Gasteiger partial charge in [0.25, 0.3) is 5.91 Å². The summed E-state index contributed by atoms with van der Waals surface area (Å²) >= 11 is 5.32. The highest BCUT2D eigenvalue weighted by Crippen LogP contribution is 2.50. The van der Waals surface area contributed by atoms with Crippen LogP contribution in [-0.2, 0) is 22.2 Å². The van der Waals surface area contributed by atoms with Crippen molar-refractivity contribution in [3.8, 4) is 6.07 Å². The van der Waals surface area contributed by atoms with Crippen molar-refractivity contribution >= 4 is 34.9 Å². The van der Waals surface area contributed by atoms with Crippen molar-refractivity contribution in [2.24, 2.45) is 0 Å². The Morgan fingerprint density at radius 1 is 1.27 bits per heavy atom. The van der Waals surface area contributed by atoms with Crippen LogP contribution in [-0.4, -0.2) is 27.6 Å². The zero-order chi connectivity index (χ0) is 24.0. The summed E-state index contributed by atoms with van der Waals surface area (Å²) in [4.78, 5) is 25.3. The van der Waals surface area contributed by atoms with Crippen molar-refractivity contribution in [3.63, 3.8) is 0 Å². The molecule has 0 radical (unpaired) electrons.